The molecule has 3 heteroatoms. The van der Waals surface area contributed by atoms with Gasteiger partial charge in [-0.25, -0.2) is 4.39 Å². The molecule has 0 unspecified atom stereocenters. The van der Waals surface area contributed by atoms with Crippen LogP contribution in [-0.4, -0.2) is 18.5 Å². The van der Waals surface area contributed by atoms with E-state index in [1.807, 2.05) is 26.0 Å². The highest BCUT2D eigenvalue weighted by Crippen LogP contribution is 2.21. The van der Waals surface area contributed by atoms with Crippen LogP contribution in [-0.2, 0) is 6.54 Å². The lowest BCUT2D eigenvalue weighted by atomic mass is 9.89. The Labute approximate surface area is 115 Å². The van der Waals surface area contributed by atoms with Gasteiger partial charge in [0.25, 0.3) is 0 Å². The molecule has 0 N–H and O–H groups in total. The molecule has 1 aromatic rings. The van der Waals surface area contributed by atoms with Gasteiger partial charge in [0, 0.05) is 6.54 Å². The second kappa shape index (κ2) is 7.25. The van der Waals surface area contributed by atoms with Crippen LogP contribution in [0.1, 0.15) is 38.7 Å². The predicted molar refractivity (Wildman–Crippen MR) is 76.0 cm³/mol. The highest BCUT2D eigenvalue weighted by Gasteiger charge is 2.15. The van der Waals surface area contributed by atoms with Gasteiger partial charge in [-0.3, -0.25) is 0 Å². The van der Waals surface area contributed by atoms with E-state index in [2.05, 4.69) is 18.0 Å². The Hall–Kier alpha value is -1.40. The first-order chi connectivity index (χ1) is 8.93. The first-order valence-electron chi connectivity index (χ1n) is 6.77. The van der Waals surface area contributed by atoms with E-state index in [9.17, 15) is 4.39 Å². The van der Waals surface area contributed by atoms with E-state index < -0.39 is 0 Å². The number of rotatable bonds is 7. The van der Waals surface area contributed by atoms with Crippen molar-refractivity contribution < 1.29 is 4.39 Å². The monoisotopic (exact) mass is 262 g/mol. The Morgan fingerprint density at radius 3 is 2.42 bits per heavy atom. The topological polar surface area (TPSA) is 27.0 Å². The lowest BCUT2D eigenvalue weighted by molar-refractivity contribution is 0.307. The van der Waals surface area contributed by atoms with E-state index in [-0.39, 0.29) is 11.2 Å². The van der Waals surface area contributed by atoms with Crippen molar-refractivity contribution in [3.05, 3.63) is 35.6 Å². The maximum Gasteiger partial charge on any atom is 0.123 e. The molecule has 0 aliphatic rings. The van der Waals surface area contributed by atoms with Crippen molar-refractivity contribution in [3.63, 3.8) is 0 Å². The summed E-state index contributed by atoms with van der Waals surface area (Å²) in [6.45, 7) is 5.80. The van der Waals surface area contributed by atoms with E-state index in [1.54, 1.807) is 0 Å². The fourth-order valence-corrected chi connectivity index (χ4v) is 1.99. The molecule has 0 amide bonds. The fraction of sp³-hybridized carbons (Fsp3) is 0.562. The van der Waals surface area contributed by atoms with Gasteiger partial charge in [-0.15, -0.1) is 0 Å². The molecule has 1 aromatic carbocycles. The molecular formula is C16H23FN2. The molecule has 0 atom stereocenters. The molecule has 0 aromatic heterocycles. The minimum Gasteiger partial charge on any atom is -0.302 e. The molecule has 0 saturated heterocycles. The van der Waals surface area contributed by atoms with E-state index in [4.69, 9.17) is 5.26 Å². The van der Waals surface area contributed by atoms with Crippen molar-refractivity contribution >= 4 is 0 Å². The number of hydrogen-bond donors (Lipinski definition) is 0. The standard InChI is InChI=1S/C16H23FN2/c1-16(2,13-18)10-4-5-11-19(3)12-14-6-8-15(17)9-7-14/h6-9H,4-5,10-12H2,1-3H3. The minimum atomic E-state index is -0.213. The summed E-state index contributed by atoms with van der Waals surface area (Å²) in [6.07, 6.45) is 3.09. The molecular weight excluding hydrogens is 239 g/mol. The normalized spacial score (nSPS) is 11.6. The molecule has 104 valence electrons. The van der Waals surface area contributed by atoms with Crippen LogP contribution in [0.5, 0.6) is 0 Å². The zero-order valence-corrected chi connectivity index (χ0v) is 12.1. The van der Waals surface area contributed by atoms with Crippen molar-refractivity contribution in [2.75, 3.05) is 13.6 Å². The smallest absolute Gasteiger partial charge is 0.123 e. The number of benzene rings is 1. The lowest BCUT2D eigenvalue weighted by Gasteiger charge is -2.18. The largest absolute Gasteiger partial charge is 0.302 e. The van der Waals surface area contributed by atoms with Gasteiger partial charge in [0.1, 0.15) is 5.82 Å². The third kappa shape index (κ3) is 6.35. The maximum atomic E-state index is 12.8. The Balaban J connectivity index is 2.23. The molecule has 0 fully saturated rings. The summed E-state index contributed by atoms with van der Waals surface area (Å²) in [6, 6.07) is 8.97. The lowest BCUT2D eigenvalue weighted by Crippen LogP contribution is -2.19. The van der Waals surface area contributed by atoms with E-state index in [0.717, 1.165) is 37.9 Å². The maximum absolute atomic E-state index is 12.8. The Bertz CT molecular complexity index is 417. The molecule has 2 nitrogen and oxygen atoms in total. The first-order valence-corrected chi connectivity index (χ1v) is 6.77. The summed E-state index contributed by atoms with van der Waals surface area (Å²) < 4.78 is 12.8. The molecule has 0 bridgehead atoms. The molecule has 19 heavy (non-hydrogen) atoms. The van der Waals surface area contributed by atoms with E-state index in [0.29, 0.717) is 0 Å². The van der Waals surface area contributed by atoms with Crippen LogP contribution in [0, 0.1) is 22.6 Å². The van der Waals surface area contributed by atoms with Crippen LogP contribution in [0.15, 0.2) is 24.3 Å². The quantitative estimate of drug-likeness (QED) is 0.695. The number of nitrogens with zero attached hydrogens (tertiary/aromatic N) is 2. The van der Waals surface area contributed by atoms with Gasteiger partial charge in [-0.2, -0.15) is 5.26 Å². The zero-order valence-electron chi connectivity index (χ0n) is 12.1. The van der Waals surface area contributed by atoms with Gasteiger partial charge in [0.15, 0.2) is 0 Å². The fourth-order valence-electron chi connectivity index (χ4n) is 1.99. The van der Waals surface area contributed by atoms with Crippen LogP contribution in [0.2, 0.25) is 0 Å². The average Bonchev–Trinajstić information content (AvgIpc) is 2.38. The summed E-state index contributed by atoms with van der Waals surface area (Å²) in [4.78, 5) is 2.23. The summed E-state index contributed by atoms with van der Waals surface area (Å²) >= 11 is 0. The second-order valence-corrected chi connectivity index (χ2v) is 5.82. The van der Waals surface area contributed by atoms with Gasteiger partial charge in [0.2, 0.25) is 0 Å². The summed E-state index contributed by atoms with van der Waals surface area (Å²) in [5.74, 6) is -0.190. The average molecular weight is 262 g/mol. The van der Waals surface area contributed by atoms with Gasteiger partial charge < -0.3 is 4.90 Å². The van der Waals surface area contributed by atoms with Crippen molar-refractivity contribution in [3.8, 4) is 6.07 Å². The Morgan fingerprint density at radius 2 is 1.84 bits per heavy atom. The number of hydrogen-bond acceptors (Lipinski definition) is 2. The number of nitriles is 1. The minimum absolute atomic E-state index is 0.190. The molecule has 0 heterocycles. The van der Waals surface area contributed by atoms with Crippen LogP contribution >= 0.6 is 0 Å². The third-order valence-electron chi connectivity index (χ3n) is 3.26. The summed E-state index contributed by atoms with van der Waals surface area (Å²) in [5.41, 5.74) is 0.913. The van der Waals surface area contributed by atoms with Gasteiger partial charge in [-0.1, -0.05) is 18.6 Å². The first kappa shape index (κ1) is 15.7. The van der Waals surface area contributed by atoms with Crippen molar-refractivity contribution in [2.24, 2.45) is 5.41 Å². The van der Waals surface area contributed by atoms with Gasteiger partial charge in [-0.05, 0) is 58.0 Å². The Kier molecular flexibility index (Phi) is 5.98. The second-order valence-electron chi connectivity index (χ2n) is 5.82. The van der Waals surface area contributed by atoms with Crippen molar-refractivity contribution in [1.82, 2.24) is 4.90 Å². The summed E-state index contributed by atoms with van der Waals surface area (Å²) in [5, 5.41) is 8.93. The SMILES string of the molecule is CN(CCCCC(C)(C)C#N)Cc1ccc(F)cc1. The van der Waals surface area contributed by atoms with E-state index in [1.165, 1.54) is 12.1 Å². The van der Waals surface area contributed by atoms with Crippen LogP contribution in [0.3, 0.4) is 0 Å². The van der Waals surface area contributed by atoms with Crippen LogP contribution in [0.25, 0.3) is 0 Å². The molecule has 0 radical (unpaired) electrons. The number of unbranched alkanes of at least 4 members (excludes halogenated alkanes) is 1. The van der Waals surface area contributed by atoms with Gasteiger partial charge >= 0.3 is 0 Å². The highest BCUT2D eigenvalue weighted by molar-refractivity contribution is 5.15. The molecule has 0 spiro atoms. The van der Waals surface area contributed by atoms with Crippen LogP contribution in [0.4, 0.5) is 4.39 Å². The molecule has 1 rings (SSSR count). The van der Waals surface area contributed by atoms with Crippen molar-refractivity contribution in [1.29, 1.82) is 5.26 Å². The molecule has 0 aliphatic carbocycles. The summed E-state index contributed by atoms with van der Waals surface area (Å²) in [7, 11) is 2.07. The number of halogens is 1. The molecule has 0 aliphatic heterocycles. The predicted octanol–water partition coefficient (Wildman–Crippen LogP) is 3.98. The zero-order chi connectivity index (χ0) is 14.3. The molecule has 0 saturated carbocycles. The van der Waals surface area contributed by atoms with Crippen molar-refractivity contribution in [2.45, 2.75) is 39.7 Å². The third-order valence-corrected chi connectivity index (χ3v) is 3.26. The Morgan fingerprint density at radius 1 is 1.21 bits per heavy atom. The highest BCUT2D eigenvalue weighted by atomic mass is 19.1. The van der Waals surface area contributed by atoms with Gasteiger partial charge in [0.05, 0.1) is 11.5 Å². The van der Waals surface area contributed by atoms with Crippen LogP contribution < -0.4 is 0 Å². The van der Waals surface area contributed by atoms with E-state index >= 15 is 0 Å².